The molecule has 0 N–H and O–H groups in total. The molecule has 1 aliphatic heterocycles. The summed E-state index contributed by atoms with van der Waals surface area (Å²) in [6, 6.07) is 4.38. The molecule has 0 radical (unpaired) electrons. The standard InChI is InChI=1S/C14H22ClNOSi/c1-11-9-12(15)14(18(2,3)4)13(10-11)16-5-7-17-8-6-16/h9-10H,5-8H2,1-4H3. The van der Waals surface area contributed by atoms with E-state index in [-0.39, 0.29) is 0 Å². The van der Waals surface area contributed by atoms with Gasteiger partial charge in [-0.25, -0.2) is 0 Å². The van der Waals surface area contributed by atoms with Crippen molar-refractivity contribution in [2.75, 3.05) is 31.2 Å². The van der Waals surface area contributed by atoms with Gasteiger partial charge in [0.1, 0.15) is 0 Å². The zero-order valence-electron chi connectivity index (χ0n) is 11.7. The van der Waals surface area contributed by atoms with Gasteiger partial charge >= 0.3 is 0 Å². The number of halogens is 1. The van der Waals surface area contributed by atoms with Crippen molar-refractivity contribution < 1.29 is 4.74 Å². The second-order valence-electron chi connectivity index (χ2n) is 5.99. The molecule has 0 saturated carbocycles. The van der Waals surface area contributed by atoms with Crippen LogP contribution in [-0.2, 0) is 4.74 Å². The Morgan fingerprint density at radius 3 is 2.33 bits per heavy atom. The highest BCUT2D eigenvalue weighted by molar-refractivity contribution is 6.91. The Morgan fingerprint density at radius 2 is 1.78 bits per heavy atom. The summed E-state index contributed by atoms with van der Waals surface area (Å²) in [6.07, 6.45) is 0. The minimum atomic E-state index is -1.44. The first-order valence-corrected chi connectivity index (χ1v) is 10.4. The van der Waals surface area contributed by atoms with E-state index in [9.17, 15) is 0 Å². The van der Waals surface area contributed by atoms with Crippen LogP contribution in [0.5, 0.6) is 0 Å². The SMILES string of the molecule is Cc1cc(Cl)c([Si](C)(C)C)c(N2CCOCC2)c1. The monoisotopic (exact) mass is 283 g/mol. The normalized spacial score (nSPS) is 17.1. The molecule has 0 amide bonds. The number of hydrogen-bond acceptors (Lipinski definition) is 2. The van der Waals surface area contributed by atoms with E-state index >= 15 is 0 Å². The van der Waals surface area contributed by atoms with Crippen LogP contribution in [0.25, 0.3) is 0 Å². The van der Waals surface area contributed by atoms with Crippen molar-refractivity contribution in [1.82, 2.24) is 0 Å². The van der Waals surface area contributed by atoms with E-state index in [4.69, 9.17) is 16.3 Å². The molecule has 0 aliphatic carbocycles. The van der Waals surface area contributed by atoms with Gasteiger partial charge in [0.15, 0.2) is 0 Å². The highest BCUT2D eigenvalue weighted by Crippen LogP contribution is 2.25. The van der Waals surface area contributed by atoms with Crippen LogP contribution >= 0.6 is 11.6 Å². The maximum absolute atomic E-state index is 6.52. The molecule has 1 heterocycles. The molecule has 1 aromatic rings. The molecule has 0 atom stereocenters. The summed E-state index contributed by atoms with van der Waals surface area (Å²) in [5.74, 6) is 0. The van der Waals surface area contributed by atoms with Gasteiger partial charge in [-0.2, -0.15) is 0 Å². The van der Waals surface area contributed by atoms with Crippen LogP contribution in [0.4, 0.5) is 5.69 Å². The molecule has 2 nitrogen and oxygen atoms in total. The molecule has 100 valence electrons. The average molecular weight is 284 g/mol. The van der Waals surface area contributed by atoms with Crippen LogP contribution in [0.2, 0.25) is 24.7 Å². The Labute approximate surface area is 116 Å². The molecule has 1 aromatic carbocycles. The van der Waals surface area contributed by atoms with Gasteiger partial charge in [0.2, 0.25) is 0 Å². The number of hydrogen-bond donors (Lipinski definition) is 0. The summed E-state index contributed by atoms with van der Waals surface area (Å²) in [6.45, 7) is 12.8. The van der Waals surface area contributed by atoms with Crippen LogP contribution in [0.1, 0.15) is 5.56 Å². The van der Waals surface area contributed by atoms with Crippen LogP contribution in [-0.4, -0.2) is 34.4 Å². The van der Waals surface area contributed by atoms with Crippen LogP contribution in [0.3, 0.4) is 0 Å². The average Bonchev–Trinajstić information content (AvgIpc) is 2.27. The maximum atomic E-state index is 6.52. The van der Waals surface area contributed by atoms with Crippen molar-refractivity contribution in [1.29, 1.82) is 0 Å². The van der Waals surface area contributed by atoms with Crippen molar-refractivity contribution >= 4 is 30.5 Å². The highest BCUT2D eigenvalue weighted by atomic mass is 35.5. The fourth-order valence-electron chi connectivity index (χ4n) is 2.52. The lowest BCUT2D eigenvalue weighted by Gasteiger charge is -2.34. The zero-order chi connectivity index (χ0) is 13.3. The second-order valence-corrected chi connectivity index (χ2v) is 11.4. The molecule has 0 bridgehead atoms. The lowest BCUT2D eigenvalue weighted by molar-refractivity contribution is 0.123. The van der Waals surface area contributed by atoms with E-state index in [0.29, 0.717) is 0 Å². The van der Waals surface area contributed by atoms with Gasteiger partial charge in [-0.3, -0.25) is 0 Å². The predicted octanol–water partition coefficient (Wildman–Crippen LogP) is 3.03. The molecular formula is C14H22ClNOSi. The second kappa shape index (κ2) is 5.23. The first-order valence-electron chi connectivity index (χ1n) is 6.53. The number of anilines is 1. The van der Waals surface area contributed by atoms with Crippen molar-refractivity contribution in [3.63, 3.8) is 0 Å². The van der Waals surface area contributed by atoms with E-state index in [1.54, 1.807) is 0 Å². The topological polar surface area (TPSA) is 12.5 Å². The Bertz CT molecular complexity index is 436. The van der Waals surface area contributed by atoms with Gasteiger partial charge in [0.05, 0.1) is 21.3 Å². The van der Waals surface area contributed by atoms with Gasteiger partial charge < -0.3 is 9.64 Å². The van der Waals surface area contributed by atoms with E-state index in [1.807, 2.05) is 0 Å². The van der Waals surface area contributed by atoms with E-state index in [0.717, 1.165) is 31.3 Å². The molecule has 0 spiro atoms. The lowest BCUT2D eigenvalue weighted by Crippen LogP contribution is -2.46. The Hall–Kier alpha value is -0.513. The number of rotatable bonds is 2. The highest BCUT2D eigenvalue weighted by Gasteiger charge is 2.27. The number of ether oxygens (including phenoxy) is 1. The lowest BCUT2D eigenvalue weighted by atomic mass is 10.2. The number of nitrogens with zero attached hydrogens (tertiary/aromatic N) is 1. The third-order valence-electron chi connectivity index (χ3n) is 3.32. The van der Waals surface area contributed by atoms with Gasteiger partial charge in [0, 0.05) is 23.8 Å². The zero-order valence-corrected chi connectivity index (χ0v) is 13.5. The molecule has 4 heteroatoms. The molecule has 0 aromatic heterocycles. The summed E-state index contributed by atoms with van der Waals surface area (Å²) in [5.41, 5.74) is 2.57. The van der Waals surface area contributed by atoms with Crippen LogP contribution in [0.15, 0.2) is 12.1 Å². The smallest absolute Gasteiger partial charge is 0.0822 e. The molecule has 1 saturated heterocycles. The third kappa shape index (κ3) is 2.90. The first-order chi connectivity index (χ1) is 8.39. The Morgan fingerprint density at radius 1 is 1.17 bits per heavy atom. The Balaban J connectivity index is 2.49. The number of aryl methyl sites for hydroxylation is 1. The quantitative estimate of drug-likeness (QED) is 0.774. The predicted molar refractivity (Wildman–Crippen MR) is 82.2 cm³/mol. The minimum absolute atomic E-state index is 0.816. The first kappa shape index (κ1) is 13.9. The molecule has 1 fully saturated rings. The van der Waals surface area contributed by atoms with Crippen molar-refractivity contribution in [3.8, 4) is 0 Å². The van der Waals surface area contributed by atoms with E-state index in [1.165, 1.54) is 16.4 Å². The summed E-state index contributed by atoms with van der Waals surface area (Å²) < 4.78 is 5.44. The van der Waals surface area contributed by atoms with Crippen LogP contribution < -0.4 is 10.1 Å². The fraction of sp³-hybridized carbons (Fsp3) is 0.571. The van der Waals surface area contributed by atoms with Gasteiger partial charge in [-0.1, -0.05) is 31.2 Å². The van der Waals surface area contributed by atoms with Gasteiger partial charge in [0.25, 0.3) is 0 Å². The summed E-state index contributed by atoms with van der Waals surface area (Å²) in [5, 5.41) is 2.33. The fourth-order valence-corrected chi connectivity index (χ4v) is 5.43. The molecule has 0 unspecified atom stereocenters. The maximum Gasteiger partial charge on any atom is 0.0822 e. The Kier molecular flexibility index (Phi) is 4.04. The van der Waals surface area contributed by atoms with E-state index in [2.05, 4.69) is 43.6 Å². The number of morpholine rings is 1. The molecule has 1 aliphatic rings. The van der Waals surface area contributed by atoms with Crippen LogP contribution in [0, 0.1) is 6.92 Å². The molecule has 18 heavy (non-hydrogen) atoms. The third-order valence-corrected chi connectivity index (χ3v) is 5.80. The van der Waals surface area contributed by atoms with Crippen molar-refractivity contribution in [3.05, 3.63) is 22.7 Å². The van der Waals surface area contributed by atoms with E-state index < -0.39 is 8.07 Å². The summed E-state index contributed by atoms with van der Waals surface area (Å²) in [7, 11) is -1.44. The largest absolute Gasteiger partial charge is 0.378 e. The molecule has 2 rings (SSSR count). The minimum Gasteiger partial charge on any atom is -0.378 e. The van der Waals surface area contributed by atoms with Gasteiger partial charge in [-0.15, -0.1) is 0 Å². The summed E-state index contributed by atoms with van der Waals surface area (Å²) >= 11 is 6.52. The van der Waals surface area contributed by atoms with Crippen molar-refractivity contribution in [2.24, 2.45) is 0 Å². The summed E-state index contributed by atoms with van der Waals surface area (Å²) in [4.78, 5) is 2.43. The van der Waals surface area contributed by atoms with Gasteiger partial charge in [-0.05, 0) is 29.8 Å². The van der Waals surface area contributed by atoms with Crippen molar-refractivity contribution in [2.45, 2.75) is 26.6 Å². The molecular weight excluding hydrogens is 262 g/mol. The number of benzene rings is 1.